The average Bonchev–Trinajstić information content (AvgIpc) is 3.26. The molecule has 0 aromatic carbocycles. The van der Waals surface area contributed by atoms with E-state index in [1.54, 1.807) is 0 Å². The van der Waals surface area contributed by atoms with Gasteiger partial charge in [0.05, 0.1) is 23.3 Å². The Morgan fingerprint density at radius 1 is 1.18 bits per heavy atom. The van der Waals surface area contributed by atoms with Crippen molar-refractivity contribution in [2.45, 2.75) is 44.7 Å². The summed E-state index contributed by atoms with van der Waals surface area (Å²) in [5.74, 6) is 2.23. The van der Waals surface area contributed by atoms with Crippen LogP contribution < -0.4 is 10.6 Å². The molecule has 1 atom stereocenters. The van der Waals surface area contributed by atoms with Crippen molar-refractivity contribution in [2.75, 3.05) is 30.8 Å². The Labute approximate surface area is 164 Å². The van der Waals surface area contributed by atoms with E-state index in [0.29, 0.717) is 18.0 Å². The molecular weight excluding hydrogens is 352 g/mol. The summed E-state index contributed by atoms with van der Waals surface area (Å²) in [5.41, 5.74) is 1.76. The molecule has 3 N–H and O–H groups in total. The molecule has 8 heteroatoms. The Balaban J connectivity index is 1.35. The number of aromatic amines is 1. The van der Waals surface area contributed by atoms with Crippen LogP contribution in [0.15, 0.2) is 24.7 Å². The first kappa shape index (κ1) is 17.5. The molecule has 1 aliphatic heterocycles. The molecule has 0 radical (unpaired) electrons. The summed E-state index contributed by atoms with van der Waals surface area (Å²) in [6.45, 7) is 4.47. The zero-order chi connectivity index (χ0) is 19.1. The highest BCUT2D eigenvalue weighted by molar-refractivity contribution is 5.88. The number of likely N-dealkylation sites (tertiary alicyclic amines) is 1. The van der Waals surface area contributed by atoms with Gasteiger partial charge >= 0.3 is 0 Å². The van der Waals surface area contributed by atoms with Gasteiger partial charge in [-0.1, -0.05) is 0 Å². The minimum absolute atomic E-state index is 0.424. The fraction of sp³-hybridized carbons (Fsp3) is 0.550. The third-order valence-electron chi connectivity index (χ3n) is 6.03. The second-order valence-electron chi connectivity index (χ2n) is 8.27. The maximum Gasteiger partial charge on any atom is 0.231 e. The van der Waals surface area contributed by atoms with Crippen molar-refractivity contribution in [1.29, 1.82) is 0 Å². The third-order valence-corrected chi connectivity index (χ3v) is 6.03. The number of H-pyrrole nitrogens is 1. The van der Waals surface area contributed by atoms with E-state index in [9.17, 15) is 0 Å². The van der Waals surface area contributed by atoms with Gasteiger partial charge in [-0.15, -0.1) is 0 Å². The SMILES string of the molecule is CC(Nc1nc(Nc2cnn(C3CCN(C)CC3)c2)nc2[nH]ccc12)C1CC1. The first-order valence-corrected chi connectivity index (χ1v) is 10.3. The van der Waals surface area contributed by atoms with Crippen molar-refractivity contribution < 1.29 is 0 Å². The van der Waals surface area contributed by atoms with Crippen LogP contribution in [0.2, 0.25) is 0 Å². The molecule has 1 unspecified atom stereocenters. The maximum atomic E-state index is 4.75. The lowest BCUT2D eigenvalue weighted by molar-refractivity contribution is 0.212. The van der Waals surface area contributed by atoms with Gasteiger partial charge in [-0.05, 0) is 64.7 Å². The summed E-state index contributed by atoms with van der Waals surface area (Å²) in [4.78, 5) is 15.0. The fourth-order valence-electron chi connectivity index (χ4n) is 4.03. The molecule has 4 heterocycles. The normalized spacial score (nSPS) is 19.8. The first-order valence-electron chi connectivity index (χ1n) is 10.3. The van der Waals surface area contributed by atoms with Crippen LogP contribution in [-0.2, 0) is 0 Å². The Kier molecular flexibility index (Phi) is 4.43. The zero-order valence-electron chi connectivity index (χ0n) is 16.5. The lowest BCUT2D eigenvalue weighted by Crippen LogP contribution is -2.31. The minimum Gasteiger partial charge on any atom is -0.367 e. The van der Waals surface area contributed by atoms with E-state index >= 15 is 0 Å². The number of rotatable bonds is 6. The quantitative estimate of drug-likeness (QED) is 0.608. The number of piperidine rings is 1. The molecule has 1 aliphatic carbocycles. The number of nitrogens with zero attached hydrogens (tertiary/aromatic N) is 5. The summed E-state index contributed by atoms with van der Waals surface area (Å²) in [5, 5.41) is 12.5. The number of anilines is 3. The largest absolute Gasteiger partial charge is 0.367 e. The lowest BCUT2D eigenvalue weighted by atomic mass is 10.1. The van der Waals surface area contributed by atoms with E-state index in [1.807, 2.05) is 18.5 Å². The Bertz CT molecular complexity index is 948. The molecule has 0 bridgehead atoms. The average molecular weight is 381 g/mol. The number of fused-ring (bicyclic) bond motifs is 1. The van der Waals surface area contributed by atoms with Crippen LogP contribution in [0.3, 0.4) is 0 Å². The molecule has 3 aromatic rings. The van der Waals surface area contributed by atoms with E-state index in [0.717, 1.165) is 54.4 Å². The van der Waals surface area contributed by atoms with Crippen LogP contribution in [0.4, 0.5) is 17.5 Å². The van der Waals surface area contributed by atoms with Gasteiger partial charge in [0.15, 0.2) is 0 Å². The molecule has 8 nitrogen and oxygen atoms in total. The van der Waals surface area contributed by atoms with Crippen LogP contribution in [0.25, 0.3) is 11.0 Å². The predicted molar refractivity (Wildman–Crippen MR) is 111 cm³/mol. The molecule has 2 aliphatic rings. The first-order chi connectivity index (χ1) is 13.7. The van der Waals surface area contributed by atoms with Crippen LogP contribution in [0.5, 0.6) is 0 Å². The van der Waals surface area contributed by atoms with Crippen molar-refractivity contribution in [1.82, 2.24) is 29.6 Å². The number of hydrogen-bond acceptors (Lipinski definition) is 6. The van der Waals surface area contributed by atoms with Crippen LogP contribution in [0.1, 0.15) is 38.6 Å². The minimum atomic E-state index is 0.424. The molecule has 1 saturated carbocycles. The summed E-state index contributed by atoms with van der Waals surface area (Å²) in [7, 11) is 2.18. The molecule has 0 spiro atoms. The highest BCUT2D eigenvalue weighted by Crippen LogP contribution is 2.35. The second kappa shape index (κ2) is 7.09. The molecule has 1 saturated heterocycles. The van der Waals surface area contributed by atoms with Gasteiger partial charge in [-0.2, -0.15) is 15.1 Å². The highest BCUT2D eigenvalue weighted by Gasteiger charge is 2.28. The van der Waals surface area contributed by atoms with E-state index in [-0.39, 0.29) is 0 Å². The predicted octanol–water partition coefficient (Wildman–Crippen LogP) is 3.38. The van der Waals surface area contributed by atoms with Gasteiger partial charge in [0.2, 0.25) is 5.95 Å². The van der Waals surface area contributed by atoms with Crippen LogP contribution in [0, 0.1) is 5.92 Å². The second-order valence-corrected chi connectivity index (χ2v) is 8.27. The summed E-state index contributed by atoms with van der Waals surface area (Å²) >= 11 is 0. The molecular formula is C20H28N8. The standard InChI is InChI=1S/C20H28N8/c1-13(14-3-4-14)23-19-17-5-8-21-18(17)25-20(26-19)24-15-11-22-28(12-15)16-6-9-27(2)10-7-16/h5,8,11-14,16H,3-4,6-7,9-10H2,1-2H3,(H3,21,23,24,25,26). The molecule has 148 valence electrons. The molecule has 0 amide bonds. The third kappa shape index (κ3) is 3.56. The summed E-state index contributed by atoms with van der Waals surface area (Å²) < 4.78 is 2.08. The Hall–Kier alpha value is -2.61. The summed E-state index contributed by atoms with van der Waals surface area (Å²) in [6.07, 6.45) is 10.7. The molecule has 3 aromatic heterocycles. The van der Waals surface area contributed by atoms with Crippen molar-refractivity contribution in [3.05, 3.63) is 24.7 Å². The summed E-state index contributed by atoms with van der Waals surface area (Å²) in [6, 6.07) is 2.92. The number of aromatic nitrogens is 5. The molecule has 5 rings (SSSR count). The van der Waals surface area contributed by atoms with Gasteiger partial charge in [-0.25, -0.2) is 0 Å². The van der Waals surface area contributed by atoms with E-state index in [1.165, 1.54) is 12.8 Å². The van der Waals surface area contributed by atoms with Gasteiger partial charge in [-0.3, -0.25) is 4.68 Å². The zero-order valence-corrected chi connectivity index (χ0v) is 16.5. The van der Waals surface area contributed by atoms with Gasteiger partial charge in [0.25, 0.3) is 0 Å². The van der Waals surface area contributed by atoms with Crippen molar-refractivity contribution in [3.63, 3.8) is 0 Å². The molecule has 28 heavy (non-hydrogen) atoms. The lowest BCUT2D eigenvalue weighted by Gasteiger charge is -2.28. The van der Waals surface area contributed by atoms with Gasteiger partial charge in [0, 0.05) is 18.4 Å². The van der Waals surface area contributed by atoms with Crippen LogP contribution in [-0.4, -0.2) is 55.8 Å². The van der Waals surface area contributed by atoms with Crippen molar-refractivity contribution in [2.24, 2.45) is 5.92 Å². The smallest absolute Gasteiger partial charge is 0.231 e. The Morgan fingerprint density at radius 3 is 2.79 bits per heavy atom. The number of nitrogens with one attached hydrogen (secondary N) is 3. The van der Waals surface area contributed by atoms with Crippen LogP contribution >= 0.6 is 0 Å². The Morgan fingerprint density at radius 2 is 2.00 bits per heavy atom. The fourth-order valence-corrected chi connectivity index (χ4v) is 4.03. The van der Waals surface area contributed by atoms with Crippen molar-refractivity contribution >= 4 is 28.5 Å². The topological polar surface area (TPSA) is 86.7 Å². The molecule has 2 fully saturated rings. The number of hydrogen-bond donors (Lipinski definition) is 3. The van der Waals surface area contributed by atoms with Gasteiger partial charge < -0.3 is 20.5 Å². The van der Waals surface area contributed by atoms with Gasteiger partial charge in [0.1, 0.15) is 11.5 Å². The van der Waals surface area contributed by atoms with E-state index in [4.69, 9.17) is 4.98 Å². The van der Waals surface area contributed by atoms with E-state index < -0.39 is 0 Å². The maximum absolute atomic E-state index is 4.75. The van der Waals surface area contributed by atoms with E-state index in [2.05, 4.69) is 55.5 Å². The van der Waals surface area contributed by atoms with Crippen molar-refractivity contribution in [3.8, 4) is 0 Å². The monoisotopic (exact) mass is 380 g/mol. The highest BCUT2D eigenvalue weighted by atomic mass is 15.3.